The third-order valence-electron chi connectivity index (χ3n) is 2.91. The van der Waals surface area contributed by atoms with Gasteiger partial charge in [0.15, 0.2) is 11.5 Å². The number of phenols is 1. The summed E-state index contributed by atoms with van der Waals surface area (Å²) in [6.07, 6.45) is 0.819. The largest absolute Gasteiger partial charge is 0.506 e. The molecular weight excluding hydrogens is 286 g/mol. The number of ether oxygens (including phenoxy) is 2. The minimum Gasteiger partial charge on any atom is -0.506 e. The third-order valence-corrected chi connectivity index (χ3v) is 3.64. The van der Waals surface area contributed by atoms with Crippen LogP contribution in [0.5, 0.6) is 17.2 Å². The minimum atomic E-state index is 0.187. The Balaban J connectivity index is 2.43. The van der Waals surface area contributed by atoms with Crippen LogP contribution in [-0.2, 0) is 0 Å². The van der Waals surface area contributed by atoms with Gasteiger partial charge in [-0.3, -0.25) is 0 Å². The van der Waals surface area contributed by atoms with Gasteiger partial charge in [-0.05, 0) is 40.9 Å². The zero-order chi connectivity index (χ0) is 12.4. The Hall–Kier alpha value is -0.940. The van der Waals surface area contributed by atoms with Crippen molar-refractivity contribution >= 4 is 15.9 Å². The van der Waals surface area contributed by atoms with E-state index in [2.05, 4.69) is 15.9 Å². The maximum atomic E-state index is 10.1. The second-order valence-electron chi connectivity index (χ2n) is 4.13. The molecule has 0 fully saturated rings. The topological polar surface area (TPSA) is 64.7 Å². The van der Waals surface area contributed by atoms with E-state index in [1.165, 1.54) is 0 Å². The molecule has 0 radical (unpaired) electrons. The molecule has 1 heterocycles. The average molecular weight is 302 g/mol. The van der Waals surface area contributed by atoms with E-state index < -0.39 is 0 Å². The summed E-state index contributed by atoms with van der Waals surface area (Å²) in [6.45, 7) is 3.66. The molecule has 3 N–H and O–H groups in total. The molecule has 1 aliphatic heterocycles. The summed E-state index contributed by atoms with van der Waals surface area (Å²) in [5.41, 5.74) is 6.38. The van der Waals surface area contributed by atoms with Crippen LogP contribution in [0.25, 0.3) is 0 Å². The highest BCUT2D eigenvalue weighted by Gasteiger charge is 2.23. The molecule has 5 heteroatoms. The molecule has 2 rings (SSSR count). The van der Waals surface area contributed by atoms with Gasteiger partial charge in [0.25, 0.3) is 0 Å². The molecule has 1 aliphatic rings. The van der Waals surface area contributed by atoms with E-state index >= 15 is 0 Å². The lowest BCUT2D eigenvalue weighted by Crippen LogP contribution is -2.16. The summed E-state index contributed by atoms with van der Waals surface area (Å²) in [5.74, 6) is 1.67. The second kappa shape index (κ2) is 5.14. The van der Waals surface area contributed by atoms with Crippen LogP contribution in [0.1, 0.15) is 24.8 Å². The molecule has 0 amide bonds. The molecule has 94 valence electrons. The SMILES string of the molecule is CC(CCN)c1cc2c(c(Br)c1O)OCCO2. The van der Waals surface area contributed by atoms with Gasteiger partial charge in [0, 0.05) is 5.56 Å². The average Bonchev–Trinajstić information content (AvgIpc) is 2.34. The zero-order valence-electron chi connectivity index (χ0n) is 9.70. The van der Waals surface area contributed by atoms with Crippen molar-refractivity contribution < 1.29 is 14.6 Å². The highest BCUT2D eigenvalue weighted by Crippen LogP contribution is 2.47. The van der Waals surface area contributed by atoms with Crippen LogP contribution in [0.15, 0.2) is 10.5 Å². The molecule has 0 spiro atoms. The van der Waals surface area contributed by atoms with Gasteiger partial charge in [-0.1, -0.05) is 6.92 Å². The van der Waals surface area contributed by atoms with E-state index in [1.807, 2.05) is 13.0 Å². The lowest BCUT2D eigenvalue weighted by atomic mass is 9.96. The molecule has 17 heavy (non-hydrogen) atoms. The summed E-state index contributed by atoms with van der Waals surface area (Å²) in [4.78, 5) is 0. The number of hydrogen-bond acceptors (Lipinski definition) is 4. The van der Waals surface area contributed by atoms with Crippen LogP contribution in [0.3, 0.4) is 0 Å². The van der Waals surface area contributed by atoms with Gasteiger partial charge in [0.1, 0.15) is 23.4 Å². The normalized spacial score (nSPS) is 15.7. The van der Waals surface area contributed by atoms with E-state index in [9.17, 15) is 5.11 Å². The first-order chi connectivity index (χ1) is 8.15. The first-order valence-electron chi connectivity index (χ1n) is 5.66. The maximum Gasteiger partial charge on any atom is 0.179 e. The van der Waals surface area contributed by atoms with Crippen LogP contribution < -0.4 is 15.2 Å². The molecule has 1 atom stereocenters. The Kier molecular flexibility index (Phi) is 3.79. The Morgan fingerprint density at radius 1 is 1.47 bits per heavy atom. The summed E-state index contributed by atoms with van der Waals surface area (Å²) >= 11 is 3.35. The fourth-order valence-corrected chi connectivity index (χ4v) is 2.47. The molecule has 4 nitrogen and oxygen atoms in total. The van der Waals surface area contributed by atoms with E-state index in [-0.39, 0.29) is 11.7 Å². The predicted molar refractivity (Wildman–Crippen MR) is 68.9 cm³/mol. The van der Waals surface area contributed by atoms with Gasteiger partial charge in [-0.25, -0.2) is 0 Å². The zero-order valence-corrected chi connectivity index (χ0v) is 11.3. The fourth-order valence-electron chi connectivity index (χ4n) is 1.94. The van der Waals surface area contributed by atoms with Crippen LogP contribution in [0, 0.1) is 0 Å². The molecule has 0 saturated carbocycles. The van der Waals surface area contributed by atoms with E-state index in [1.54, 1.807) is 0 Å². The van der Waals surface area contributed by atoms with Crippen molar-refractivity contribution in [2.24, 2.45) is 5.73 Å². The van der Waals surface area contributed by atoms with Crippen molar-refractivity contribution in [2.75, 3.05) is 19.8 Å². The molecule has 1 unspecified atom stereocenters. The predicted octanol–water partition coefficient (Wildman–Crippen LogP) is 2.38. The molecule has 1 aromatic rings. The molecule has 0 saturated heterocycles. The smallest absolute Gasteiger partial charge is 0.179 e. The van der Waals surface area contributed by atoms with E-state index in [0.29, 0.717) is 35.7 Å². The van der Waals surface area contributed by atoms with Crippen LogP contribution in [0.2, 0.25) is 0 Å². The number of halogens is 1. The first-order valence-corrected chi connectivity index (χ1v) is 6.45. The Labute approximate surface area is 109 Å². The van der Waals surface area contributed by atoms with Crippen LogP contribution in [-0.4, -0.2) is 24.9 Å². The minimum absolute atomic E-state index is 0.187. The van der Waals surface area contributed by atoms with Crippen molar-refractivity contribution in [3.63, 3.8) is 0 Å². The molecular formula is C12H16BrNO3. The Morgan fingerprint density at radius 2 is 2.18 bits per heavy atom. The quantitative estimate of drug-likeness (QED) is 0.900. The van der Waals surface area contributed by atoms with Crippen molar-refractivity contribution in [3.8, 4) is 17.2 Å². The summed E-state index contributed by atoms with van der Waals surface area (Å²) < 4.78 is 11.6. The van der Waals surface area contributed by atoms with E-state index in [0.717, 1.165) is 12.0 Å². The monoisotopic (exact) mass is 301 g/mol. The molecule has 0 bridgehead atoms. The lowest BCUT2D eigenvalue weighted by Gasteiger charge is -2.23. The number of benzene rings is 1. The van der Waals surface area contributed by atoms with Gasteiger partial charge in [0.05, 0.1) is 0 Å². The van der Waals surface area contributed by atoms with Gasteiger partial charge in [-0.15, -0.1) is 0 Å². The highest BCUT2D eigenvalue weighted by atomic mass is 79.9. The Morgan fingerprint density at radius 3 is 2.88 bits per heavy atom. The van der Waals surface area contributed by atoms with Gasteiger partial charge in [-0.2, -0.15) is 0 Å². The fraction of sp³-hybridized carbons (Fsp3) is 0.500. The maximum absolute atomic E-state index is 10.1. The van der Waals surface area contributed by atoms with Crippen LogP contribution in [0.4, 0.5) is 0 Å². The van der Waals surface area contributed by atoms with Gasteiger partial charge >= 0.3 is 0 Å². The number of aromatic hydroxyl groups is 1. The van der Waals surface area contributed by atoms with E-state index in [4.69, 9.17) is 15.2 Å². The summed E-state index contributed by atoms with van der Waals surface area (Å²) in [7, 11) is 0. The molecule has 0 aliphatic carbocycles. The van der Waals surface area contributed by atoms with Gasteiger partial charge < -0.3 is 20.3 Å². The number of phenolic OH excluding ortho intramolecular Hbond substituents is 1. The van der Waals surface area contributed by atoms with Crippen molar-refractivity contribution in [1.82, 2.24) is 0 Å². The molecule has 1 aromatic carbocycles. The first kappa shape index (κ1) is 12.5. The van der Waals surface area contributed by atoms with Crippen molar-refractivity contribution in [1.29, 1.82) is 0 Å². The standard InChI is InChI=1S/C12H16BrNO3/c1-7(2-3-14)8-6-9-12(10(13)11(8)15)17-5-4-16-9/h6-7,15H,2-5,14H2,1H3. The third kappa shape index (κ3) is 2.35. The van der Waals surface area contributed by atoms with Crippen LogP contribution >= 0.6 is 15.9 Å². The van der Waals surface area contributed by atoms with Crippen molar-refractivity contribution in [2.45, 2.75) is 19.3 Å². The summed E-state index contributed by atoms with van der Waals surface area (Å²) in [5, 5.41) is 10.1. The Bertz CT molecular complexity index is 423. The summed E-state index contributed by atoms with van der Waals surface area (Å²) in [6, 6.07) is 1.84. The molecule has 0 aromatic heterocycles. The second-order valence-corrected chi connectivity index (χ2v) is 4.92. The van der Waals surface area contributed by atoms with Crippen molar-refractivity contribution in [3.05, 3.63) is 16.1 Å². The van der Waals surface area contributed by atoms with Gasteiger partial charge in [0.2, 0.25) is 0 Å². The highest BCUT2D eigenvalue weighted by molar-refractivity contribution is 9.10. The number of nitrogens with two attached hydrogens (primary N) is 1. The lowest BCUT2D eigenvalue weighted by molar-refractivity contribution is 0.169. The number of fused-ring (bicyclic) bond motifs is 1. The number of hydrogen-bond donors (Lipinski definition) is 2. The number of rotatable bonds is 3.